The Hall–Kier alpha value is -2.35. The quantitative estimate of drug-likeness (QED) is 0.749. The van der Waals surface area contributed by atoms with Gasteiger partial charge in [-0.15, -0.1) is 0 Å². The van der Waals surface area contributed by atoms with Gasteiger partial charge in [-0.25, -0.2) is 0 Å². The number of anilines is 1. The molecule has 5 nitrogen and oxygen atoms in total. The molecule has 142 valence electrons. The van der Waals surface area contributed by atoms with Crippen molar-refractivity contribution >= 4 is 17.5 Å². The van der Waals surface area contributed by atoms with Gasteiger partial charge in [0, 0.05) is 31.3 Å². The molecule has 1 aliphatic heterocycles. The number of carbonyl (C=O) groups is 2. The van der Waals surface area contributed by atoms with Crippen LogP contribution in [0, 0.1) is 0 Å². The lowest BCUT2D eigenvalue weighted by molar-refractivity contribution is -0.140. The predicted octanol–water partition coefficient (Wildman–Crippen LogP) is 3.02. The van der Waals surface area contributed by atoms with E-state index in [9.17, 15) is 22.8 Å². The van der Waals surface area contributed by atoms with E-state index in [2.05, 4.69) is 6.58 Å². The number of morpholine rings is 1. The highest BCUT2D eigenvalue weighted by Gasteiger charge is 2.33. The second-order valence-corrected chi connectivity index (χ2v) is 6.03. The topological polar surface area (TPSA) is 49.9 Å². The minimum absolute atomic E-state index is 0.0937. The highest BCUT2D eigenvalue weighted by Crippen LogP contribution is 2.26. The summed E-state index contributed by atoms with van der Waals surface area (Å²) in [5, 5.41) is 0. The summed E-state index contributed by atoms with van der Waals surface area (Å²) in [7, 11) is 1.58. The van der Waals surface area contributed by atoms with Gasteiger partial charge in [-0.05, 0) is 36.8 Å². The Morgan fingerprint density at radius 3 is 2.58 bits per heavy atom. The van der Waals surface area contributed by atoms with Gasteiger partial charge in [0.1, 0.15) is 0 Å². The standard InChI is InChI=1S/C18H21F3N2O3/c1-3-16(24)22(2)14-6-4-13(5-7-14)17(25)23-10-11-26-12-15(23)8-9-18(19,20)21/h3-7,15H,1,8-12H2,2H3. The molecule has 1 atom stereocenters. The third kappa shape index (κ3) is 5.08. The molecular formula is C18H21F3N2O3. The van der Waals surface area contributed by atoms with Crippen LogP contribution in [-0.2, 0) is 9.53 Å². The summed E-state index contributed by atoms with van der Waals surface area (Å²) in [6.45, 7) is 4.05. The van der Waals surface area contributed by atoms with Crippen LogP contribution < -0.4 is 4.90 Å². The largest absolute Gasteiger partial charge is 0.389 e. The van der Waals surface area contributed by atoms with Crippen molar-refractivity contribution in [3.05, 3.63) is 42.5 Å². The van der Waals surface area contributed by atoms with Gasteiger partial charge >= 0.3 is 6.18 Å². The van der Waals surface area contributed by atoms with Crippen LogP contribution in [0.4, 0.5) is 18.9 Å². The first-order chi connectivity index (χ1) is 12.2. The van der Waals surface area contributed by atoms with Crippen molar-refractivity contribution in [3.8, 4) is 0 Å². The van der Waals surface area contributed by atoms with Crippen molar-refractivity contribution in [2.45, 2.75) is 25.1 Å². The van der Waals surface area contributed by atoms with Gasteiger partial charge in [-0.2, -0.15) is 13.2 Å². The fraction of sp³-hybridized carbons (Fsp3) is 0.444. The van der Waals surface area contributed by atoms with Gasteiger partial charge in [0.05, 0.1) is 19.3 Å². The lowest BCUT2D eigenvalue weighted by Gasteiger charge is -2.36. The number of nitrogens with zero attached hydrogens (tertiary/aromatic N) is 2. The minimum atomic E-state index is -4.27. The predicted molar refractivity (Wildman–Crippen MR) is 91.0 cm³/mol. The molecule has 26 heavy (non-hydrogen) atoms. The van der Waals surface area contributed by atoms with Crippen LogP contribution in [0.5, 0.6) is 0 Å². The molecule has 1 aromatic rings. The van der Waals surface area contributed by atoms with Crippen LogP contribution in [0.3, 0.4) is 0 Å². The van der Waals surface area contributed by atoms with E-state index in [1.165, 1.54) is 15.9 Å². The van der Waals surface area contributed by atoms with Crippen molar-refractivity contribution < 1.29 is 27.5 Å². The highest BCUT2D eigenvalue weighted by molar-refractivity contribution is 6.01. The average Bonchev–Trinajstić information content (AvgIpc) is 2.64. The molecule has 0 aromatic heterocycles. The smallest absolute Gasteiger partial charge is 0.377 e. The number of hydrogen-bond acceptors (Lipinski definition) is 3. The Labute approximate surface area is 150 Å². The van der Waals surface area contributed by atoms with Crippen LogP contribution in [-0.4, -0.2) is 55.7 Å². The maximum atomic E-state index is 12.7. The Morgan fingerprint density at radius 2 is 2.00 bits per heavy atom. The molecule has 1 heterocycles. The molecule has 0 spiro atoms. The summed E-state index contributed by atoms with van der Waals surface area (Å²) in [5.74, 6) is -0.630. The Morgan fingerprint density at radius 1 is 1.35 bits per heavy atom. The summed E-state index contributed by atoms with van der Waals surface area (Å²) in [6, 6.07) is 5.73. The summed E-state index contributed by atoms with van der Waals surface area (Å²) in [5.41, 5.74) is 0.939. The summed E-state index contributed by atoms with van der Waals surface area (Å²) in [4.78, 5) is 27.1. The lowest BCUT2D eigenvalue weighted by atomic mass is 10.1. The molecule has 1 aromatic carbocycles. The van der Waals surface area contributed by atoms with Crippen molar-refractivity contribution in [2.75, 3.05) is 31.7 Å². The number of benzene rings is 1. The second kappa shape index (κ2) is 8.35. The first-order valence-electron chi connectivity index (χ1n) is 8.18. The van der Waals surface area contributed by atoms with Crippen molar-refractivity contribution in [1.29, 1.82) is 0 Å². The molecule has 1 fully saturated rings. The monoisotopic (exact) mass is 370 g/mol. The zero-order valence-electron chi connectivity index (χ0n) is 14.5. The van der Waals surface area contributed by atoms with Gasteiger partial charge in [0.25, 0.3) is 5.91 Å². The molecule has 0 N–H and O–H groups in total. The molecule has 8 heteroatoms. The van der Waals surface area contributed by atoms with Crippen LogP contribution >= 0.6 is 0 Å². The van der Waals surface area contributed by atoms with Crippen LogP contribution in [0.15, 0.2) is 36.9 Å². The highest BCUT2D eigenvalue weighted by atomic mass is 19.4. The molecule has 0 saturated carbocycles. The third-order valence-electron chi connectivity index (χ3n) is 4.26. The van der Waals surface area contributed by atoms with Crippen molar-refractivity contribution in [3.63, 3.8) is 0 Å². The Bertz CT molecular complexity index is 659. The molecule has 0 bridgehead atoms. The van der Waals surface area contributed by atoms with Gasteiger partial charge in [0.2, 0.25) is 5.91 Å². The van der Waals surface area contributed by atoms with Gasteiger partial charge in [-0.1, -0.05) is 6.58 Å². The Balaban J connectivity index is 2.10. The maximum Gasteiger partial charge on any atom is 0.389 e. The normalized spacial score (nSPS) is 17.7. The average molecular weight is 370 g/mol. The van der Waals surface area contributed by atoms with E-state index in [0.29, 0.717) is 17.9 Å². The lowest BCUT2D eigenvalue weighted by Crippen LogP contribution is -2.49. The number of ether oxygens (including phenoxy) is 1. The summed E-state index contributed by atoms with van der Waals surface area (Å²) >= 11 is 0. The van der Waals surface area contributed by atoms with Crippen molar-refractivity contribution in [2.24, 2.45) is 0 Å². The van der Waals surface area contributed by atoms with Crippen LogP contribution in [0.25, 0.3) is 0 Å². The molecular weight excluding hydrogens is 349 g/mol. The first-order valence-corrected chi connectivity index (χ1v) is 8.18. The van der Waals surface area contributed by atoms with Crippen LogP contribution in [0.2, 0.25) is 0 Å². The SMILES string of the molecule is C=CC(=O)N(C)c1ccc(C(=O)N2CCOCC2CCC(F)(F)F)cc1. The first kappa shape index (κ1) is 20.0. The molecule has 1 saturated heterocycles. The number of hydrogen-bond donors (Lipinski definition) is 0. The van der Waals surface area contributed by atoms with E-state index in [-0.39, 0.29) is 31.4 Å². The van der Waals surface area contributed by atoms with E-state index < -0.39 is 18.6 Å². The number of halogens is 3. The number of carbonyl (C=O) groups excluding carboxylic acids is 2. The molecule has 2 amide bonds. The number of amides is 2. The molecule has 2 rings (SSSR count). The van der Waals surface area contributed by atoms with E-state index in [0.717, 1.165) is 0 Å². The van der Waals surface area contributed by atoms with E-state index in [4.69, 9.17) is 4.74 Å². The number of alkyl halides is 3. The number of likely N-dealkylation sites (N-methyl/N-ethyl adjacent to an activating group) is 1. The van der Waals surface area contributed by atoms with Gasteiger partial charge in [0.15, 0.2) is 0 Å². The molecule has 0 aliphatic carbocycles. The number of rotatable bonds is 5. The Kier molecular flexibility index (Phi) is 6.42. The molecule has 1 unspecified atom stereocenters. The maximum absolute atomic E-state index is 12.7. The molecule has 1 aliphatic rings. The molecule has 0 radical (unpaired) electrons. The van der Waals surface area contributed by atoms with E-state index in [1.807, 2.05) is 0 Å². The van der Waals surface area contributed by atoms with E-state index in [1.54, 1.807) is 31.3 Å². The zero-order valence-corrected chi connectivity index (χ0v) is 14.5. The summed E-state index contributed by atoms with van der Waals surface area (Å²) in [6.07, 6.45) is -4.24. The fourth-order valence-corrected chi connectivity index (χ4v) is 2.75. The fourth-order valence-electron chi connectivity index (χ4n) is 2.75. The second-order valence-electron chi connectivity index (χ2n) is 6.03. The minimum Gasteiger partial charge on any atom is -0.377 e. The third-order valence-corrected chi connectivity index (χ3v) is 4.26. The van der Waals surface area contributed by atoms with Crippen molar-refractivity contribution in [1.82, 2.24) is 4.90 Å². The van der Waals surface area contributed by atoms with Gasteiger partial charge in [-0.3, -0.25) is 9.59 Å². The zero-order chi connectivity index (χ0) is 19.3. The summed E-state index contributed by atoms with van der Waals surface area (Å²) < 4.78 is 42.7. The van der Waals surface area contributed by atoms with E-state index >= 15 is 0 Å². The van der Waals surface area contributed by atoms with Crippen LogP contribution in [0.1, 0.15) is 23.2 Å². The van der Waals surface area contributed by atoms with Gasteiger partial charge < -0.3 is 14.5 Å².